The Morgan fingerprint density at radius 3 is 2.62 bits per heavy atom. The first-order valence-corrected chi connectivity index (χ1v) is 4.11. The Morgan fingerprint density at radius 2 is 2.00 bits per heavy atom. The summed E-state index contributed by atoms with van der Waals surface area (Å²) in [5.41, 5.74) is 1.50. The molecule has 0 aliphatic rings. The molecule has 66 valence electrons. The number of hydrogen-bond acceptors (Lipinski definition) is 2. The summed E-state index contributed by atoms with van der Waals surface area (Å²) in [7, 11) is 0. The fourth-order valence-corrected chi connectivity index (χ4v) is 0.842. The standard InChI is InChI=1S/C11H12N2/c1-3-7-10(2)12-13-11-8-5-4-6-9-11/h3-9H,2H2,1H3/b7-3-,13-12?. The average Bonchev–Trinajstić information content (AvgIpc) is 2.17. The van der Waals surface area contributed by atoms with Crippen LogP contribution in [-0.4, -0.2) is 0 Å². The molecule has 0 aliphatic heterocycles. The second kappa shape index (κ2) is 5.04. The highest BCUT2D eigenvalue weighted by molar-refractivity contribution is 5.35. The lowest BCUT2D eigenvalue weighted by Gasteiger charge is -1.89. The zero-order valence-corrected chi connectivity index (χ0v) is 7.64. The fraction of sp³-hybridized carbons (Fsp3) is 0.0909. The minimum Gasteiger partial charge on any atom is -0.151 e. The van der Waals surface area contributed by atoms with Gasteiger partial charge in [-0.05, 0) is 25.1 Å². The summed E-state index contributed by atoms with van der Waals surface area (Å²) in [6, 6.07) is 9.58. The van der Waals surface area contributed by atoms with Gasteiger partial charge < -0.3 is 0 Å². The van der Waals surface area contributed by atoms with Gasteiger partial charge in [0.1, 0.15) is 0 Å². The van der Waals surface area contributed by atoms with Gasteiger partial charge >= 0.3 is 0 Å². The van der Waals surface area contributed by atoms with Gasteiger partial charge in [-0.3, -0.25) is 0 Å². The molecule has 13 heavy (non-hydrogen) atoms. The van der Waals surface area contributed by atoms with Crippen molar-refractivity contribution in [1.29, 1.82) is 0 Å². The molecule has 0 bridgehead atoms. The van der Waals surface area contributed by atoms with Gasteiger partial charge in [0.2, 0.25) is 0 Å². The number of nitrogens with zero attached hydrogens (tertiary/aromatic N) is 2. The van der Waals surface area contributed by atoms with E-state index < -0.39 is 0 Å². The van der Waals surface area contributed by atoms with Crippen molar-refractivity contribution in [3.05, 3.63) is 54.8 Å². The van der Waals surface area contributed by atoms with Crippen molar-refractivity contribution in [1.82, 2.24) is 0 Å². The number of allylic oxidation sites excluding steroid dienone is 2. The molecule has 0 atom stereocenters. The second-order valence-corrected chi connectivity index (χ2v) is 2.53. The van der Waals surface area contributed by atoms with Crippen LogP contribution in [-0.2, 0) is 0 Å². The average molecular weight is 172 g/mol. The monoisotopic (exact) mass is 172 g/mol. The zero-order valence-electron chi connectivity index (χ0n) is 7.64. The number of rotatable bonds is 3. The van der Waals surface area contributed by atoms with E-state index in [0.717, 1.165) is 5.69 Å². The summed E-state index contributed by atoms with van der Waals surface area (Å²) in [5, 5.41) is 7.93. The molecule has 0 radical (unpaired) electrons. The van der Waals surface area contributed by atoms with Crippen LogP contribution in [0.25, 0.3) is 0 Å². The maximum atomic E-state index is 4.00. The van der Waals surface area contributed by atoms with Crippen LogP contribution >= 0.6 is 0 Å². The lowest BCUT2D eigenvalue weighted by molar-refractivity contribution is 1.18. The summed E-state index contributed by atoms with van der Waals surface area (Å²) in [6.07, 6.45) is 3.69. The maximum absolute atomic E-state index is 4.00. The maximum Gasteiger partial charge on any atom is 0.0857 e. The van der Waals surface area contributed by atoms with Gasteiger partial charge in [0.05, 0.1) is 11.4 Å². The third-order valence-electron chi connectivity index (χ3n) is 1.41. The molecule has 0 N–H and O–H groups in total. The Labute approximate surface area is 78.3 Å². The number of benzene rings is 1. The lowest BCUT2D eigenvalue weighted by Crippen LogP contribution is -1.65. The third kappa shape index (κ3) is 3.47. The fourth-order valence-electron chi connectivity index (χ4n) is 0.842. The lowest BCUT2D eigenvalue weighted by atomic mass is 10.3. The van der Waals surface area contributed by atoms with E-state index in [1.54, 1.807) is 0 Å². The van der Waals surface area contributed by atoms with Gasteiger partial charge in [0, 0.05) is 0 Å². The number of hydrogen-bond donors (Lipinski definition) is 0. The van der Waals surface area contributed by atoms with Crippen LogP contribution in [0.2, 0.25) is 0 Å². The first kappa shape index (κ1) is 9.39. The Hall–Kier alpha value is -1.70. The highest BCUT2D eigenvalue weighted by Crippen LogP contribution is 2.11. The molecule has 0 saturated heterocycles. The minimum absolute atomic E-state index is 0.659. The predicted molar refractivity (Wildman–Crippen MR) is 54.9 cm³/mol. The normalized spacial score (nSPS) is 11.2. The molecule has 0 spiro atoms. The second-order valence-electron chi connectivity index (χ2n) is 2.53. The summed E-state index contributed by atoms with van der Waals surface area (Å²) in [4.78, 5) is 0. The first-order chi connectivity index (χ1) is 6.33. The van der Waals surface area contributed by atoms with Gasteiger partial charge in [-0.25, -0.2) is 0 Å². The molecule has 1 aromatic rings. The Kier molecular flexibility index (Phi) is 3.64. The molecular weight excluding hydrogens is 160 g/mol. The highest BCUT2D eigenvalue weighted by Gasteiger charge is 1.84. The largest absolute Gasteiger partial charge is 0.151 e. The molecule has 1 aromatic carbocycles. The van der Waals surface area contributed by atoms with E-state index in [1.165, 1.54) is 0 Å². The van der Waals surface area contributed by atoms with E-state index in [4.69, 9.17) is 0 Å². The third-order valence-corrected chi connectivity index (χ3v) is 1.41. The van der Waals surface area contributed by atoms with Gasteiger partial charge in [-0.15, -0.1) is 0 Å². The van der Waals surface area contributed by atoms with Gasteiger partial charge in [0.15, 0.2) is 0 Å². The molecule has 0 unspecified atom stereocenters. The van der Waals surface area contributed by atoms with E-state index >= 15 is 0 Å². The van der Waals surface area contributed by atoms with E-state index in [0.29, 0.717) is 5.70 Å². The predicted octanol–water partition coefficient (Wildman–Crippen LogP) is 3.86. The van der Waals surface area contributed by atoms with E-state index in [-0.39, 0.29) is 0 Å². The number of azo groups is 1. The molecule has 0 aliphatic carbocycles. The van der Waals surface area contributed by atoms with Crippen molar-refractivity contribution in [3.8, 4) is 0 Å². The van der Waals surface area contributed by atoms with Crippen LogP contribution in [0.15, 0.2) is 65.0 Å². The van der Waals surface area contributed by atoms with Crippen LogP contribution in [0, 0.1) is 0 Å². The topological polar surface area (TPSA) is 24.7 Å². The molecule has 0 fully saturated rings. The van der Waals surface area contributed by atoms with Crippen LogP contribution in [0.4, 0.5) is 5.69 Å². The van der Waals surface area contributed by atoms with Crippen LogP contribution in [0.3, 0.4) is 0 Å². The smallest absolute Gasteiger partial charge is 0.0857 e. The molecule has 2 heteroatoms. The molecule has 2 nitrogen and oxygen atoms in total. The Balaban J connectivity index is 2.64. The Bertz CT molecular complexity index is 323. The van der Waals surface area contributed by atoms with E-state index in [1.807, 2.05) is 49.4 Å². The summed E-state index contributed by atoms with van der Waals surface area (Å²) in [5.74, 6) is 0. The Morgan fingerprint density at radius 1 is 1.31 bits per heavy atom. The van der Waals surface area contributed by atoms with Crippen molar-refractivity contribution in [2.75, 3.05) is 0 Å². The molecule has 0 aromatic heterocycles. The zero-order chi connectivity index (χ0) is 9.52. The SMILES string of the molecule is C=C(/C=C\C)N=Nc1ccccc1. The minimum atomic E-state index is 0.659. The van der Waals surface area contributed by atoms with Gasteiger partial charge in [0.25, 0.3) is 0 Å². The quantitative estimate of drug-likeness (QED) is 0.488. The van der Waals surface area contributed by atoms with Gasteiger partial charge in [-0.2, -0.15) is 10.2 Å². The molecule has 1 rings (SSSR count). The summed E-state index contributed by atoms with van der Waals surface area (Å²) >= 11 is 0. The van der Waals surface area contributed by atoms with E-state index in [2.05, 4.69) is 16.8 Å². The summed E-state index contributed by atoms with van der Waals surface area (Å²) < 4.78 is 0. The van der Waals surface area contributed by atoms with Crippen LogP contribution in [0.5, 0.6) is 0 Å². The van der Waals surface area contributed by atoms with Crippen LogP contribution in [0.1, 0.15) is 6.92 Å². The van der Waals surface area contributed by atoms with Crippen LogP contribution < -0.4 is 0 Å². The first-order valence-electron chi connectivity index (χ1n) is 4.11. The molecule has 0 amide bonds. The van der Waals surface area contributed by atoms with Gasteiger partial charge in [-0.1, -0.05) is 30.9 Å². The van der Waals surface area contributed by atoms with Crippen molar-refractivity contribution in [2.24, 2.45) is 10.2 Å². The van der Waals surface area contributed by atoms with Crippen molar-refractivity contribution >= 4 is 5.69 Å². The summed E-state index contributed by atoms with van der Waals surface area (Å²) in [6.45, 7) is 5.63. The van der Waals surface area contributed by atoms with E-state index in [9.17, 15) is 0 Å². The van der Waals surface area contributed by atoms with Crippen molar-refractivity contribution in [3.63, 3.8) is 0 Å². The van der Waals surface area contributed by atoms with Crippen molar-refractivity contribution in [2.45, 2.75) is 6.92 Å². The van der Waals surface area contributed by atoms with Crippen molar-refractivity contribution < 1.29 is 0 Å². The molecule has 0 saturated carbocycles. The highest BCUT2D eigenvalue weighted by atomic mass is 15.1. The molecular formula is C11H12N2. The molecule has 0 heterocycles.